The number of hydrogen-bond donors (Lipinski definition) is 2. The van der Waals surface area contributed by atoms with Gasteiger partial charge in [-0.25, -0.2) is 0 Å². The van der Waals surface area contributed by atoms with Crippen LogP contribution in [-0.2, 0) is 6.18 Å². The molecule has 0 fully saturated rings. The molecule has 74 valence electrons. The standard InChI is InChI=1S/C9H7F3N2/c10-9(11,12)7-4-5-2-1-3-6(13)8(5)14-7/h1-4,14H,13H2. The number of nitrogen functional groups attached to an aromatic ring is 1. The lowest BCUT2D eigenvalue weighted by Crippen LogP contribution is -2.04. The molecule has 5 heteroatoms. The van der Waals surface area contributed by atoms with E-state index >= 15 is 0 Å². The van der Waals surface area contributed by atoms with Crippen LogP contribution in [0.5, 0.6) is 0 Å². The van der Waals surface area contributed by atoms with Crippen LogP contribution in [0.15, 0.2) is 24.3 Å². The summed E-state index contributed by atoms with van der Waals surface area (Å²) in [6.07, 6.45) is -4.36. The fraction of sp³-hybridized carbons (Fsp3) is 0.111. The fourth-order valence-corrected chi connectivity index (χ4v) is 1.33. The van der Waals surface area contributed by atoms with E-state index in [1.165, 1.54) is 0 Å². The molecule has 0 bridgehead atoms. The van der Waals surface area contributed by atoms with Crippen LogP contribution < -0.4 is 5.73 Å². The van der Waals surface area contributed by atoms with E-state index in [-0.39, 0.29) is 0 Å². The fourth-order valence-electron chi connectivity index (χ4n) is 1.33. The molecule has 3 N–H and O–H groups in total. The zero-order valence-electron chi connectivity index (χ0n) is 7.02. The SMILES string of the molecule is Nc1cccc2cc(C(F)(F)F)[nH]c12. The largest absolute Gasteiger partial charge is 0.431 e. The number of nitrogens with one attached hydrogen (secondary N) is 1. The molecule has 2 aromatic rings. The molecule has 0 aliphatic carbocycles. The van der Waals surface area contributed by atoms with Crippen molar-refractivity contribution in [1.82, 2.24) is 4.98 Å². The predicted molar refractivity (Wildman–Crippen MR) is 47.7 cm³/mol. The number of alkyl halides is 3. The van der Waals surface area contributed by atoms with Crippen molar-refractivity contribution in [2.24, 2.45) is 0 Å². The van der Waals surface area contributed by atoms with Crippen molar-refractivity contribution in [3.05, 3.63) is 30.0 Å². The molecule has 2 rings (SSSR count). The van der Waals surface area contributed by atoms with Gasteiger partial charge >= 0.3 is 6.18 Å². The van der Waals surface area contributed by atoms with Gasteiger partial charge < -0.3 is 10.7 Å². The average molecular weight is 200 g/mol. The Morgan fingerprint density at radius 1 is 1.21 bits per heavy atom. The highest BCUT2D eigenvalue weighted by molar-refractivity contribution is 5.90. The van der Waals surface area contributed by atoms with Gasteiger partial charge in [-0.05, 0) is 12.1 Å². The van der Waals surface area contributed by atoms with E-state index < -0.39 is 11.9 Å². The maximum atomic E-state index is 12.3. The number of nitrogens with two attached hydrogens (primary N) is 1. The summed E-state index contributed by atoms with van der Waals surface area (Å²) in [5.41, 5.74) is 5.39. The van der Waals surface area contributed by atoms with Crippen molar-refractivity contribution in [3.8, 4) is 0 Å². The minimum Gasteiger partial charge on any atom is -0.397 e. The van der Waals surface area contributed by atoms with Crippen LogP contribution in [0.4, 0.5) is 18.9 Å². The van der Waals surface area contributed by atoms with Crippen molar-refractivity contribution >= 4 is 16.6 Å². The van der Waals surface area contributed by atoms with Gasteiger partial charge in [-0.2, -0.15) is 13.2 Å². The number of H-pyrrole nitrogens is 1. The molecule has 1 aromatic carbocycles. The molecule has 14 heavy (non-hydrogen) atoms. The number of aromatic amines is 1. The number of halogens is 3. The number of hydrogen-bond acceptors (Lipinski definition) is 1. The van der Waals surface area contributed by atoms with Gasteiger partial charge in [0.05, 0.1) is 11.2 Å². The molecule has 0 saturated heterocycles. The lowest BCUT2D eigenvalue weighted by molar-refractivity contribution is -0.140. The summed E-state index contributed by atoms with van der Waals surface area (Å²) in [5.74, 6) is 0. The number of aromatic nitrogens is 1. The van der Waals surface area contributed by atoms with E-state index in [0.717, 1.165) is 6.07 Å². The maximum absolute atomic E-state index is 12.3. The quantitative estimate of drug-likeness (QED) is 0.631. The zero-order valence-corrected chi connectivity index (χ0v) is 7.02. The molecule has 0 amide bonds. The monoisotopic (exact) mass is 200 g/mol. The van der Waals surface area contributed by atoms with Crippen LogP contribution in [-0.4, -0.2) is 4.98 Å². The Morgan fingerprint density at radius 3 is 2.50 bits per heavy atom. The smallest absolute Gasteiger partial charge is 0.397 e. The Hall–Kier alpha value is -1.65. The van der Waals surface area contributed by atoms with Gasteiger partial charge in [-0.15, -0.1) is 0 Å². The minimum absolute atomic E-state index is 0.318. The number of para-hydroxylation sites is 1. The summed E-state index contributed by atoms with van der Waals surface area (Å²) >= 11 is 0. The molecule has 0 aliphatic heterocycles. The summed E-state index contributed by atoms with van der Waals surface area (Å²) in [4.78, 5) is 2.25. The topological polar surface area (TPSA) is 41.8 Å². The number of anilines is 1. The van der Waals surface area contributed by atoms with Crippen molar-refractivity contribution in [1.29, 1.82) is 0 Å². The van der Waals surface area contributed by atoms with Gasteiger partial charge in [0.15, 0.2) is 0 Å². The minimum atomic E-state index is -4.36. The van der Waals surface area contributed by atoms with E-state index in [0.29, 0.717) is 16.6 Å². The Kier molecular flexibility index (Phi) is 1.70. The molecule has 0 spiro atoms. The first-order chi connectivity index (χ1) is 6.48. The first-order valence-corrected chi connectivity index (χ1v) is 3.93. The van der Waals surface area contributed by atoms with Crippen LogP contribution in [0.1, 0.15) is 5.69 Å². The van der Waals surface area contributed by atoms with Crippen LogP contribution in [0, 0.1) is 0 Å². The zero-order chi connectivity index (χ0) is 10.3. The van der Waals surface area contributed by atoms with E-state index in [4.69, 9.17) is 5.73 Å². The lowest BCUT2D eigenvalue weighted by Gasteiger charge is -2.01. The maximum Gasteiger partial charge on any atom is 0.431 e. The molecule has 0 saturated carbocycles. The van der Waals surface area contributed by atoms with Crippen LogP contribution in [0.3, 0.4) is 0 Å². The summed E-state index contributed by atoms with van der Waals surface area (Å²) in [7, 11) is 0. The second kappa shape index (κ2) is 2.67. The van der Waals surface area contributed by atoms with E-state index in [1.54, 1.807) is 18.2 Å². The van der Waals surface area contributed by atoms with Crippen LogP contribution in [0.2, 0.25) is 0 Å². The van der Waals surface area contributed by atoms with Gasteiger partial charge in [0.1, 0.15) is 5.69 Å². The molecular formula is C9H7F3N2. The molecule has 2 nitrogen and oxygen atoms in total. The highest BCUT2D eigenvalue weighted by Gasteiger charge is 2.32. The Morgan fingerprint density at radius 2 is 1.93 bits per heavy atom. The van der Waals surface area contributed by atoms with Gasteiger partial charge in [0.2, 0.25) is 0 Å². The van der Waals surface area contributed by atoms with Crippen LogP contribution in [0.25, 0.3) is 10.9 Å². The van der Waals surface area contributed by atoms with Crippen LogP contribution >= 0.6 is 0 Å². The summed E-state index contributed by atoms with van der Waals surface area (Å²) in [6.45, 7) is 0. The first-order valence-electron chi connectivity index (χ1n) is 3.93. The average Bonchev–Trinajstić information content (AvgIpc) is 2.48. The van der Waals surface area contributed by atoms with Gasteiger partial charge in [0, 0.05) is 5.39 Å². The second-order valence-corrected chi connectivity index (χ2v) is 2.99. The predicted octanol–water partition coefficient (Wildman–Crippen LogP) is 2.77. The van der Waals surface area contributed by atoms with E-state index in [1.807, 2.05) is 0 Å². The summed E-state index contributed by atoms with van der Waals surface area (Å²) in [5, 5.41) is 0.470. The van der Waals surface area contributed by atoms with E-state index in [9.17, 15) is 13.2 Å². The van der Waals surface area contributed by atoms with Gasteiger partial charge in [0.25, 0.3) is 0 Å². The third-order valence-electron chi connectivity index (χ3n) is 1.99. The molecule has 1 heterocycles. The summed E-state index contributed by atoms with van der Waals surface area (Å²) in [6, 6.07) is 5.80. The summed E-state index contributed by atoms with van der Waals surface area (Å²) < 4.78 is 36.9. The lowest BCUT2D eigenvalue weighted by atomic mass is 10.2. The van der Waals surface area contributed by atoms with Crippen molar-refractivity contribution in [2.75, 3.05) is 5.73 Å². The van der Waals surface area contributed by atoms with Crippen molar-refractivity contribution in [2.45, 2.75) is 6.18 Å². The van der Waals surface area contributed by atoms with Gasteiger partial charge in [-0.3, -0.25) is 0 Å². The molecule has 0 aliphatic rings. The molecular weight excluding hydrogens is 193 g/mol. The normalized spacial score (nSPS) is 12.2. The molecule has 0 atom stereocenters. The third kappa shape index (κ3) is 1.30. The highest BCUT2D eigenvalue weighted by atomic mass is 19.4. The number of fused-ring (bicyclic) bond motifs is 1. The molecule has 0 unspecified atom stereocenters. The van der Waals surface area contributed by atoms with E-state index in [2.05, 4.69) is 4.98 Å². The Bertz CT molecular complexity index is 470. The number of rotatable bonds is 0. The highest BCUT2D eigenvalue weighted by Crippen LogP contribution is 2.32. The van der Waals surface area contributed by atoms with Gasteiger partial charge in [-0.1, -0.05) is 12.1 Å². The Balaban J connectivity index is 2.69. The molecule has 0 radical (unpaired) electrons. The first kappa shape index (κ1) is 8.93. The van der Waals surface area contributed by atoms with Crippen molar-refractivity contribution in [3.63, 3.8) is 0 Å². The van der Waals surface area contributed by atoms with Crippen molar-refractivity contribution < 1.29 is 13.2 Å². The second-order valence-electron chi connectivity index (χ2n) is 2.99. The number of benzene rings is 1. The third-order valence-corrected chi connectivity index (χ3v) is 1.99. The molecule has 1 aromatic heterocycles. The Labute approximate surface area is 77.5 Å².